The Balaban J connectivity index is 2.39. The number of carbonyl (C=O) groups is 1. The number of carboxylic acid groups (broad SMARTS) is 1. The van der Waals surface area contributed by atoms with Gasteiger partial charge in [-0.3, -0.25) is 10.1 Å². The Kier molecular flexibility index (Phi) is 5.52. The molecule has 0 aliphatic heterocycles. The van der Waals surface area contributed by atoms with Crippen LogP contribution in [0.25, 0.3) is 0 Å². The Morgan fingerprint density at radius 1 is 1.00 bits per heavy atom. The molecule has 2 rings (SSSR count). The minimum Gasteiger partial charge on any atom is -0.478 e. The molecular formula is C16H10F6N2O4. The van der Waals surface area contributed by atoms with Crippen molar-refractivity contribution in [3.8, 4) is 0 Å². The quantitative estimate of drug-likeness (QED) is 0.415. The first-order valence-electron chi connectivity index (χ1n) is 7.33. The fraction of sp³-hybridized carbons (Fsp3) is 0.188. The van der Waals surface area contributed by atoms with E-state index in [1.807, 2.05) is 0 Å². The van der Waals surface area contributed by atoms with Crippen LogP contribution in [0.5, 0.6) is 0 Å². The number of aromatic carboxylic acids is 1. The lowest BCUT2D eigenvalue weighted by atomic mass is 10.0. The summed E-state index contributed by atoms with van der Waals surface area (Å²) >= 11 is 0. The number of nitro benzene ring substituents is 1. The fourth-order valence-electron chi connectivity index (χ4n) is 2.30. The molecule has 0 saturated heterocycles. The van der Waals surface area contributed by atoms with Crippen molar-refractivity contribution in [1.29, 1.82) is 0 Å². The van der Waals surface area contributed by atoms with Gasteiger partial charge in [-0.05, 0) is 29.8 Å². The third-order valence-electron chi connectivity index (χ3n) is 3.57. The summed E-state index contributed by atoms with van der Waals surface area (Å²) < 4.78 is 77.2. The van der Waals surface area contributed by atoms with Gasteiger partial charge in [0, 0.05) is 24.4 Å². The van der Waals surface area contributed by atoms with Crippen LogP contribution in [-0.2, 0) is 18.9 Å². The Labute approximate surface area is 152 Å². The first-order valence-corrected chi connectivity index (χ1v) is 7.33. The second-order valence-electron chi connectivity index (χ2n) is 5.56. The van der Waals surface area contributed by atoms with E-state index >= 15 is 0 Å². The van der Waals surface area contributed by atoms with Crippen molar-refractivity contribution >= 4 is 17.3 Å². The number of hydrogen-bond acceptors (Lipinski definition) is 4. The minimum absolute atomic E-state index is 0.0297. The molecule has 0 aliphatic rings. The number of nitro groups is 1. The van der Waals surface area contributed by atoms with E-state index in [4.69, 9.17) is 5.11 Å². The molecule has 0 fully saturated rings. The average molecular weight is 408 g/mol. The van der Waals surface area contributed by atoms with Gasteiger partial charge in [-0.15, -0.1) is 0 Å². The molecule has 12 heteroatoms. The molecule has 2 aromatic rings. The molecular weight excluding hydrogens is 398 g/mol. The van der Waals surface area contributed by atoms with Crippen molar-refractivity contribution in [3.05, 3.63) is 68.8 Å². The van der Waals surface area contributed by atoms with E-state index in [1.165, 1.54) is 0 Å². The SMILES string of the molecule is O=C(O)c1cc([N+](=O)[O-])ccc1NCc1cc(C(F)(F)F)cc(C(F)(F)F)c1. The molecule has 0 heterocycles. The Morgan fingerprint density at radius 3 is 1.96 bits per heavy atom. The lowest BCUT2D eigenvalue weighted by molar-refractivity contribution is -0.384. The van der Waals surface area contributed by atoms with Crippen LogP contribution in [0.2, 0.25) is 0 Å². The van der Waals surface area contributed by atoms with Gasteiger partial charge in [-0.1, -0.05) is 0 Å². The van der Waals surface area contributed by atoms with Gasteiger partial charge < -0.3 is 10.4 Å². The van der Waals surface area contributed by atoms with Crippen LogP contribution in [0.3, 0.4) is 0 Å². The van der Waals surface area contributed by atoms with Crippen LogP contribution < -0.4 is 5.32 Å². The van der Waals surface area contributed by atoms with E-state index in [-0.39, 0.29) is 11.8 Å². The highest BCUT2D eigenvalue weighted by atomic mass is 19.4. The third-order valence-corrected chi connectivity index (χ3v) is 3.57. The lowest BCUT2D eigenvalue weighted by Gasteiger charge is -2.15. The molecule has 6 nitrogen and oxygen atoms in total. The van der Waals surface area contributed by atoms with E-state index in [1.54, 1.807) is 0 Å². The highest BCUT2D eigenvalue weighted by molar-refractivity contribution is 5.95. The van der Waals surface area contributed by atoms with E-state index in [9.17, 15) is 41.3 Å². The third kappa shape index (κ3) is 4.90. The second-order valence-corrected chi connectivity index (χ2v) is 5.56. The molecule has 0 saturated carbocycles. The summed E-state index contributed by atoms with van der Waals surface area (Å²) in [6.07, 6.45) is -10.0. The van der Waals surface area contributed by atoms with Crippen molar-refractivity contribution in [2.75, 3.05) is 5.32 Å². The van der Waals surface area contributed by atoms with Crippen LogP contribution >= 0.6 is 0 Å². The number of anilines is 1. The maximum atomic E-state index is 12.9. The van der Waals surface area contributed by atoms with Crippen LogP contribution in [-0.4, -0.2) is 16.0 Å². The number of rotatable bonds is 5. The van der Waals surface area contributed by atoms with Crippen molar-refractivity contribution in [1.82, 2.24) is 0 Å². The van der Waals surface area contributed by atoms with Crippen molar-refractivity contribution < 1.29 is 41.2 Å². The van der Waals surface area contributed by atoms with Crippen molar-refractivity contribution in [2.45, 2.75) is 18.9 Å². The molecule has 0 bridgehead atoms. The van der Waals surface area contributed by atoms with Gasteiger partial charge in [0.2, 0.25) is 0 Å². The number of halogens is 6. The molecule has 150 valence electrons. The molecule has 0 amide bonds. The second kappa shape index (κ2) is 7.37. The Bertz CT molecular complexity index is 892. The number of alkyl halides is 6. The van der Waals surface area contributed by atoms with E-state index in [0.717, 1.165) is 18.2 Å². The Morgan fingerprint density at radius 2 is 1.54 bits per heavy atom. The number of nitrogens with zero attached hydrogens (tertiary/aromatic N) is 1. The number of benzene rings is 2. The number of non-ortho nitro benzene ring substituents is 1. The summed E-state index contributed by atoms with van der Waals surface area (Å²) in [5.41, 5.74) is -4.73. The zero-order valence-corrected chi connectivity index (χ0v) is 13.6. The van der Waals surface area contributed by atoms with Gasteiger partial charge in [0.1, 0.15) is 0 Å². The van der Waals surface area contributed by atoms with Gasteiger partial charge in [-0.25, -0.2) is 4.79 Å². The summed E-state index contributed by atoms with van der Waals surface area (Å²) in [6.45, 7) is -0.578. The predicted octanol–water partition coefficient (Wildman–Crippen LogP) is 4.94. The smallest absolute Gasteiger partial charge is 0.416 e. The first kappa shape index (κ1) is 21.0. The van der Waals surface area contributed by atoms with Crippen LogP contribution in [0.4, 0.5) is 37.7 Å². The summed E-state index contributed by atoms with van der Waals surface area (Å²) in [5, 5.41) is 22.2. The number of nitrogens with one attached hydrogen (secondary N) is 1. The van der Waals surface area contributed by atoms with Crippen molar-refractivity contribution in [3.63, 3.8) is 0 Å². The Hall–Kier alpha value is -3.31. The first-order chi connectivity index (χ1) is 12.8. The molecule has 0 unspecified atom stereocenters. The maximum absolute atomic E-state index is 12.9. The minimum atomic E-state index is -5.02. The highest BCUT2D eigenvalue weighted by Crippen LogP contribution is 2.36. The molecule has 0 radical (unpaired) electrons. The molecule has 0 atom stereocenters. The summed E-state index contributed by atoms with van der Waals surface area (Å²) in [7, 11) is 0. The lowest BCUT2D eigenvalue weighted by Crippen LogP contribution is -2.13. The van der Waals surface area contributed by atoms with Crippen LogP contribution in [0, 0.1) is 10.1 Å². The predicted molar refractivity (Wildman–Crippen MR) is 83.8 cm³/mol. The maximum Gasteiger partial charge on any atom is 0.416 e. The average Bonchev–Trinajstić information content (AvgIpc) is 2.57. The van der Waals surface area contributed by atoms with E-state index in [2.05, 4.69) is 5.32 Å². The van der Waals surface area contributed by atoms with Gasteiger partial charge in [0.15, 0.2) is 0 Å². The molecule has 2 N–H and O–H groups in total. The normalized spacial score (nSPS) is 11.9. The fourth-order valence-corrected chi connectivity index (χ4v) is 2.30. The largest absolute Gasteiger partial charge is 0.478 e. The topological polar surface area (TPSA) is 92.5 Å². The van der Waals surface area contributed by atoms with Crippen LogP contribution in [0.1, 0.15) is 27.0 Å². The summed E-state index contributed by atoms with van der Waals surface area (Å²) in [6, 6.07) is 3.63. The molecule has 0 aliphatic carbocycles. The van der Waals surface area contributed by atoms with Gasteiger partial charge in [0.05, 0.1) is 21.6 Å². The number of carboxylic acids is 1. The highest BCUT2D eigenvalue weighted by Gasteiger charge is 2.36. The van der Waals surface area contributed by atoms with E-state index < -0.39 is 57.7 Å². The monoisotopic (exact) mass is 408 g/mol. The van der Waals surface area contributed by atoms with Crippen LogP contribution in [0.15, 0.2) is 36.4 Å². The zero-order valence-electron chi connectivity index (χ0n) is 13.6. The van der Waals surface area contributed by atoms with Gasteiger partial charge >= 0.3 is 18.3 Å². The van der Waals surface area contributed by atoms with Crippen molar-refractivity contribution in [2.24, 2.45) is 0 Å². The molecule has 28 heavy (non-hydrogen) atoms. The molecule has 0 aromatic heterocycles. The molecule has 2 aromatic carbocycles. The molecule has 0 spiro atoms. The van der Waals surface area contributed by atoms with Gasteiger partial charge in [0.25, 0.3) is 5.69 Å². The zero-order chi connectivity index (χ0) is 21.3. The standard InChI is InChI=1S/C16H10F6N2O4/c17-15(18,19)9-3-8(4-10(5-9)16(20,21)22)7-23-13-2-1-11(24(27)28)6-12(13)14(25)26/h1-6,23H,7H2,(H,25,26). The summed E-state index contributed by atoms with van der Waals surface area (Å²) in [4.78, 5) is 21.1. The summed E-state index contributed by atoms with van der Waals surface area (Å²) in [5.74, 6) is -1.56. The van der Waals surface area contributed by atoms with E-state index in [0.29, 0.717) is 12.1 Å². The van der Waals surface area contributed by atoms with Gasteiger partial charge in [-0.2, -0.15) is 26.3 Å². The number of hydrogen-bond donors (Lipinski definition) is 2.